The number of piperazine rings is 1. The van der Waals surface area contributed by atoms with E-state index in [1.165, 1.54) is 16.7 Å². The van der Waals surface area contributed by atoms with Crippen LogP contribution in [0.5, 0.6) is 0 Å². The number of hydrogen-bond donors (Lipinski definition) is 2. The molecule has 0 saturated carbocycles. The number of nitrogens with two attached hydrogens (primary N) is 1. The number of rotatable bonds is 2. The SMILES string of the molecule is Cc1cc(C)c(N2C(C)CNC(=O)C2CN)c(C)c1. The third-order valence-corrected chi connectivity index (χ3v) is 3.80. The first-order valence-corrected chi connectivity index (χ1v) is 6.79. The van der Waals surface area contributed by atoms with Crippen LogP contribution in [0, 0.1) is 20.8 Å². The fraction of sp³-hybridized carbons (Fsp3) is 0.533. The Hall–Kier alpha value is -1.55. The molecule has 1 aromatic carbocycles. The fourth-order valence-corrected chi connectivity index (χ4v) is 3.07. The Kier molecular flexibility index (Phi) is 3.80. The Morgan fingerprint density at radius 2 is 1.89 bits per heavy atom. The number of hydrogen-bond acceptors (Lipinski definition) is 3. The molecule has 0 aliphatic carbocycles. The van der Waals surface area contributed by atoms with Crippen molar-refractivity contribution in [3.05, 3.63) is 28.8 Å². The van der Waals surface area contributed by atoms with Gasteiger partial charge in [0, 0.05) is 24.8 Å². The Balaban J connectivity index is 2.51. The fourth-order valence-electron chi connectivity index (χ4n) is 3.07. The van der Waals surface area contributed by atoms with Gasteiger partial charge in [-0.2, -0.15) is 0 Å². The minimum atomic E-state index is -0.274. The molecule has 2 atom stereocenters. The molecule has 0 aromatic heterocycles. The third-order valence-electron chi connectivity index (χ3n) is 3.80. The van der Waals surface area contributed by atoms with E-state index in [0.717, 1.165) is 5.69 Å². The van der Waals surface area contributed by atoms with Crippen molar-refractivity contribution >= 4 is 11.6 Å². The van der Waals surface area contributed by atoms with E-state index in [4.69, 9.17) is 5.73 Å². The van der Waals surface area contributed by atoms with Crippen molar-refractivity contribution in [1.29, 1.82) is 0 Å². The average Bonchev–Trinajstić information content (AvgIpc) is 2.32. The molecule has 3 N–H and O–H groups in total. The summed E-state index contributed by atoms with van der Waals surface area (Å²) in [4.78, 5) is 14.2. The van der Waals surface area contributed by atoms with Gasteiger partial charge >= 0.3 is 0 Å². The molecular weight excluding hydrogens is 238 g/mol. The summed E-state index contributed by atoms with van der Waals surface area (Å²) in [5.74, 6) is 0.0278. The number of carbonyl (C=O) groups excluding carboxylic acids is 1. The number of carbonyl (C=O) groups is 1. The van der Waals surface area contributed by atoms with Gasteiger partial charge in [0.25, 0.3) is 0 Å². The van der Waals surface area contributed by atoms with E-state index in [9.17, 15) is 4.79 Å². The van der Waals surface area contributed by atoms with E-state index in [2.05, 4.69) is 50.0 Å². The maximum atomic E-state index is 12.0. The Morgan fingerprint density at radius 3 is 2.42 bits per heavy atom. The van der Waals surface area contributed by atoms with Gasteiger partial charge in [0.05, 0.1) is 0 Å². The maximum absolute atomic E-state index is 12.0. The molecule has 1 aliphatic heterocycles. The van der Waals surface area contributed by atoms with E-state index >= 15 is 0 Å². The molecule has 1 saturated heterocycles. The van der Waals surface area contributed by atoms with Crippen LogP contribution in [0.2, 0.25) is 0 Å². The monoisotopic (exact) mass is 261 g/mol. The molecule has 19 heavy (non-hydrogen) atoms. The van der Waals surface area contributed by atoms with Gasteiger partial charge in [-0.05, 0) is 38.8 Å². The van der Waals surface area contributed by atoms with Crippen LogP contribution in [-0.4, -0.2) is 31.1 Å². The first kappa shape index (κ1) is 13.9. The highest BCUT2D eigenvalue weighted by Gasteiger charge is 2.34. The summed E-state index contributed by atoms with van der Waals surface area (Å²) in [6.45, 7) is 9.42. The molecule has 4 heteroatoms. The van der Waals surface area contributed by atoms with Crippen molar-refractivity contribution in [3.63, 3.8) is 0 Å². The van der Waals surface area contributed by atoms with E-state index in [0.29, 0.717) is 13.1 Å². The van der Waals surface area contributed by atoms with Crippen molar-refractivity contribution in [2.24, 2.45) is 5.73 Å². The predicted octanol–water partition coefficient (Wildman–Crippen LogP) is 1.26. The Bertz CT molecular complexity index is 475. The van der Waals surface area contributed by atoms with Crippen molar-refractivity contribution in [2.45, 2.75) is 39.8 Å². The largest absolute Gasteiger partial charge is 0.354 e. The van der Waals surface area contributed by atoms with Crippen LogP contribution in [-0.2, 0) is 4.79 Å². The van der Waals surface area contributed by atoms with Crippen LogP contribution in [0.4, 0.5) is 5.69 Å². The molecule has 1 aromatic rings. The predicted molar refractivity (Wildman–Crippen MR) is 78.4 cm³/mol. The smallest absolute Gasteiger partial charge is 0.244 e. The zero-order valence-electron chi connectivity index (χ0n) is 12.2. The highest BCUT2D eigenvalue weighted by molar-refractivity contribution is 5.88. The van der Waals surface area contributed by atoms with Crippen molar-refractivity contribution < 1.29 is 4.79 Å². The van der Waals surface area contributed by atoms with Crippen LogP contribution in [0.1, 0.15) is 23.6 Å². The minimum absolute atomic E-state index is 0.0278. The van der Waals surface area contributed by atoms with Gasteiger partial charge in [0.1, 0.15) is 6.04 Å². The Labute approximate surface area is 115 Å². The first-order valence-electron chi connectivity index (χ1n) is 6.79. The molecule has 4 nitrogen and oxygen atoms in total. The van der Waals surface area contributed by atoms with E-state index in [-0.39, 0.29) is 18.0 Å². The topological polar surface area (TPSA) is 58.4 Å². The second-order valence-corrected chi connectivity index (χ2v) is 5.50. The molecule has 1 heterocycles. The number of anilines is 1. The molecule has 2 unspecified atom stereocenters. The molecule has 0 bridgehead atoms. The van der Waals surface area contributed by atoms with Crippen LogP contribution < -0.4 is 16.0 Å². The number of nitrogens with one attached hydrogen (secondary N) is 1. The number of aryl methyl sites for hydroxylation is 3. The average molecular weight is 261 g/mol. The second kappa shape index (κ2) is 5.21. The van der Waals surface area contributed by atoms with Crippen LogP contribution in [0.25, 0.3) is 0 Å². The summed E-state index contributed by atoms with van der Waals surface area (Å²) in [5.41, 5.74) is 10.6. The van der Waals surface area contributed by atoms with E-state index in [1.807, 2.05) is 0 Å². The van der Waals surface area contributed by atoms with Crippen molar-refractivity contribution in [2.75, 3.05) is 18.0 Å². The summed E-state index contributed by atoms with van der Waals surface area (Å²) in [6.07, 6.45) is 0. The highest BCUT2D eigenvalue weighted by Crippen LogP contribution is 2.30. The molecule has 1 amide bonds. The van der Waals surface area contributed by atoms with Crippen molar-refractivity contribution in [3.8, 4) is 0 Å². The number of amides is 1. The maximum Gasteiger partial charge on any atom is 0.244 e. The normalized spacial score (nSPS) is 23.4. The van der Waals surface area contributed by atoms with Gasteiger partial charge in [-0.1, -0.05) is 17.7 Å². The zero-order chi connectivity index (χ0) is 14.2. The molecule has 0 radical (unpaired) electrons. The lowest BCUT2D eigenvalue weighted by molar-refractivity contribution is -0.123. The number of nitrogens with zero attached hydrogens (tertiary/aromatic N) is 1. The standard InChI is InChI=1S/C15H23N3O/c1-9-5-10(2)14(11(3)6-9)18-12(4)8-17-15(19)13(18)7-16/h5-6,12-13H,7-8,16H2,1-4H3,(H,17,19). The third kappa shape index (κ3) is 2.45. The lowest BCUT2D eigenvalue weighted by atomic mass is 9.99. The first-order chi connectivity index (χ1) is 8.95. The summed E-state index contributed by atoms with van der Waals surface area (Å²) in [5, 5.41) is 2.92. The molecule has 0 spiro atoms. The molecule has 2 rings (SSSR count). The molecule has 1 fully saturated rings. The van der Waals surface area contributed by atoms with Gasteiger partial charge in [-0.25, -0.2) is 0 Å². The van der Waals surface area contributed by atoms with Crippen molar-refractivity contribution in [1.82, 2.24) is 5.32 Å². The summed E-state index contributed by atoms with van der Waals surface area (Å²) < 4.78 is 0. The molecule has 104 valence electrons. The van der Waals surface area contributed by atoms with Gasteiger partial charge in [0.2, 0.25) is 5.91 Å². The lowest BCUT2D eigenvalue weighted by Gasteiger charge is -2.42. The van der Waals surface area contributed by atoms with E-state index in [1.54, 1.807) is 0 Å². The van der Waals surface area contributed by atoms with Gasteiger partial charge < -0.3 is 16.0 Å². The minimum Gasteiger partial charge on any atom is -0.354 e. The second-order valence-electron chi connectivity index (χ2n) is 5.50. The summed E-state index contributed by atoms with van der Waals surface area (Å²) >= 11 is 0. The Morgan fingerprint density at radius 1 is 1.32 bits per heavy atom. The number of benzene rings is 1. The van der Waals surface area contributed by atoms with Gasteiger partial charge in [-0.3, -0.25) is 4.79 Å². The van der Waals surface area contributed by atoms with Crippen LogP contribution in [0.15, 0.2) is 12.1 Å². The quantitative estimate of drug-likeness (QED) is 0.843. The highest BCUT2D eigenvalue weighted by atomic mass is 16.2. The molecular formula is C15H23N3O. The lowest BCUT2D eigenvalue weighted by Crippen LogP contribution is -2.62. The van der Waals surface area contributed by atoms with E-state index < -0.39 is 0 Å². The van der Waals surface area contributed by atoms with Gasteiger partial charge in [0.15, 0.2) is 0 Å². The van der Waals surface area contributed by atoms with Gasteiger partial charge in [-0.15, -0.1) is 0 Å². The van der Waals surface area contributed by atoms with Crippen LogP contribution in [0.3, 0.4) is 0 Å². The summed E-state index contributed by atoms with van der Waals surface area (Å²) in [7, 11) is 0. The zero-order valence-corrected chi connectivity index (χ0v) is 12.2. The van der Waals surface area contributed by atoms with Crippen LogP contribution >= 0.6 is 0 Å². The molecule has 1 aliphatic rings. The summed E-state index contributed by atoms with van der Waals surface area (Å²) in [6, 6.07) is 4.31.